The fraction of sp³-hybridized carbons (Fsp3) is 0.692. The van der Waals surface area contributed by atoms with Crippen LogP contribution in [0, 0.1) is 0 Å². The van der Waals surface area contributed by atoms with Crippen molar-refractivity contribution < 1.29 is 8.42 Å². The first-order valence-corrected chi connectivity index (χ1v) is 8.58. The lowest BCUT2D eigenvalue weighted by Crippen LogP contribution is -2.54. The summed E-state index contributed by atoms with van der Waals surface area (Å²) in [5.41, 5.74) is 0. The maximum atomic E-state index is 12.1. The van der Waals surface area contributed by atoms with Crippen molar-refractivity contribution in [2.45, 2.75) is 48.9 Å². The van der Waals surface area contributed by atoms with Gasteiger partial charge in [0.25, 0.3) is 0 Å². The third kappa shape index (κ3) is 2.64. The summed E-state index contributed by atoms with van der Waals surface area (Å²) in [7, 11) is -3.19. The van der Waals surface area contributed by atoms with Crippen LogP contribution in [0.15, 0.2) is 17.3 Å². The van der Waals surface area contributed by atoms with Gasteiger partial charge in [0.1, 0.15) is 4.90 Å². The van der Waals surface area contributed by atoms with Crippen LogP contribution in [0.1, 0.15) is 26.7 Å². The number of aromatic nitrogens is 2. The maximum absolute atomic E-state index is 12.1. The molecular weight excluding hydrogens is 276 g/mol. The zero-order chi connectivity index (χ0) is 14.3. The summed E-state index contributed by atoms with van der Waals surface area (Å²) in [5, 5.41) is 3.23. The summed E-state index contributed by atoms with van der Waals surface area (Å²) >= 11 is 0. The summed E-state index contributed by atoms with van der Waals surface area (Å²) in [6, 6.07) is 0.745. The van der Waals surface area contributed by atoms with Crippen molar-refractivity contribution in [3.05, 3.63) is 12.4 Å². The average Bonchev–Trinajstić information content (AvgIpc) is 3.22. The van der Waals surface area contributed by atoms with Gasteiger partial charge >= 0.3 is 0 Å². The molecule has 1 saturated heterocycles. The normalized spacial score (nSPS) is 27.6. The van der Waals surface area contributed by atoms with Gasteiger partial charge in [-0.2, -0.15) is 0 Å². The van der Waals surface area contributed by atoms with Crippen molar-refractivity contribution in [1.29, 1.82) is 0 Å². The van der Waals surface area contributed by atoms with Crippen molar-refractivity contribution in [1.82, 2.24) is 15.3 Å². The third-order valence-corrected chi connectivity index (χ3v) is 5.96. The predicted octanol–water partition coefficient (Wildman–Crippen LogP) is 0.599. The van der Waals surface area contributed by atoms with E-state index in [9.17, 15) is 8.42 Å². The quantitative estimate of drug-likeness (QED) is 0.880. The van der Waals surface area contributed by atoms with Crippen LogP contribution in [0.4, 0.5) is 5.95 Å². The number of rotatable bonds is 3. The van der Waals surface area contributed by atoms with E-state index in [0.29, 0.717) is 18.0 Å². The van der Waals surface area contributed by atoms with E-state index in [2.05, 4.69) is 34.0 Å². The first-order chi connectivity index (χ1) is 9.46. The lowest BCUT2D eigenvalue weighted by atomic mass is 10.1. The third-order valence-electron chi connectivity index (χ3n) is 3.75. The van der Waals surface area contributed by atoms with Crippen LogP contribution >= 0.6 is 0 Å². The van der Waals surface area contributed by atoms with Gasteiger partial charge in [0.2, 0.25) is 5.95 Å². The summed E-state index contributed by atoms with van der Waals surface area (Å²) < 4.78 is 24.2. The van der Waals surface area contributed by atoms with Gasteiger partial charge in [0.05, 0.1) is 17.6 Å². The number of nitrogens with zero attached hydrogens (tertiary/aromatic N) is 3. The zero-order valence-corrected chi connectivity index (χ0v) is 12.6. The first-order valence-electron chi connectivity index (χ1n) is 7.04. The largest absolute Gasteiger partial charge is 0.338 e. The van der Waals surface area contributed by atoms with Gasteiger partial charge in [-0.15, -0.1) is 0 Å². The Hall–Kier alpha value is -1.21. The second-order valence-corrected chi connectivity index (χ2v) is 8.06. The Morgan fingerprint density at radius 2 is 1.70 bits per heavy atom. The van der Waals surface area contributed by atoms with E-state index < -0.39 is 9.84 Å². The Morgan fingerprint density at radius 1 is 1.15 bits per heavy atom. The Bertz CT molecular complexity index is 573. The minimum absolute atomic E-state index is 0.212. The van der Waals surface area contributed by atoms with Crippen LogP contribution in [-0.2, 0) is 9.84 Å². The highest BCUT2D eigenvalue weighted by Gasteiger charge is 2.37. The molecule has 6 nitrogen and oxygen atoms in total. The number of hydrogen-bond acceptors (Lipinski definition) is 6. The molecule has 0 unspecified atom stereocenters. The summed E-state index contributed by atoms with van der Waals surface area (Å²) in [4.78, 5) is 10.9. The van der Waals surface area contributed by atoms with E-state index in [1.54, 1.807) is 0 Å². The molecule has 2 atom stereocenters. The lowest BCUT2D eigenvalue weighted by Gasteiger charge is -2.36. The molecule has 0 spiro atoms. The van der Waals surface area contributed by atoms with Crippen molar-refractivity contribution in [2.75, 3.05) is 18.0 Å². The number of nitrogens with one attached hydrogen (secondary N) is 1. The van der Waals surface area contributed by atoms with Gasteiger partial charge in [-0.1, -0.05) is 0 Å². The van der Waals surface area contributed by atoms with Gasteiger partial charge < -0.3 is 10.2 Å². The molecule has 2 heterocycles. The molecule has 1 N–H and O–H groups in total. The molecule has 20 heavy (non-hydrogen) atoms. The molecule has 1 aromatic rings. The van der Waals surface area contributed by atoms with Crippen LogP contribution in [0.25, 0.3) is 0 Å². The summed E-state index contributed by atoms with van der Waals surface area (Å²) in [6.07, 6.45) is 4.43. The predicted molar refractivity (Wildman–Crippen MR) is 76.5 cm³/mol. The molecule has 1 aromatic heterocycles. The smallest absolute Gasteiger partial charge is 0.225 e. The Balaban J connectivity index is 1.79. The maximum Gasteiger partial charge on any atom is 0.225 e. The molecule has 110 valence electrons. The molecule has 3 rings (SSSR count). The number of sulfone groups is 1. The van der Waals surface area contributed by atoms with E-state index in [4.69, 9.17) is 0 Å². The molecule has 0 radical (unpaired) electrons. The molecule has 0 aromatic carbocycles. The van der Waals surface area contributed by atoms with Crippen molar-refractivity contribution in [3.63, 3.8) is 0 Å². The summed E-state index contributed by atoms with van der Waals surface area (Å²) in [6.45, 7) is 5.90. The minimum Gasteiger partial charge on any atom is -0.338 e. The Labute approximate surface area is 119 Å². The first kappa shape index (κ1) is 13.8. The van der Waals surface area contributed by atoms with Crippen LogP contribution in [-0.4, -0.2) is 48.8 Å². The molecule has 2 aliphatic rings. The summed E-state index contributed by atoms with van der Waals surface area (Å²) in [5.74, 6) is 0.611. The lowest BCUT2D eigenvalue weighted by molar-refractivity contribution is 0.403. The molecule has 1 aliphatic heterocycles. The SMILES string of the molecule is C[C@@H]1CN(c2ncc(S(=O)(=O)C3CC3)cn2)C[C@H](C)N1. The zero-order valence-electron chi connectivity index (χ0n) is 11.8. The van der Waals surface area contributed by atoms with Gasteiger partial charge in [0, 0.05) is 25.2 Å². The highest BCUT2D eigenvalue weighted by Crippen LogP contribution is 2.33. The fourth-order valence-corrected chi connectivity index (χ4v) is 4.22. The second-order valence-electron chi connectivity index (χ2n) is 5.84. The van der Waals surface area contributed by atoms with Crippen LogP contribution in [0.2, 0.25) is 0 Å². The molecule has 1 aliphatic carbocycles. The van der Waals surface area contributed by atoms with E-state index >= 15 is 0 Å². The molecule has 0 amide bonds. The van der Waals surface area contributed by atoms with E-state index in [0.717, 1.165) is 25.9 Å². The monoisotopic (exact) mass is 296 g/mol. The van der Waals surface area contributed by atoms with Crippen LogP contribution in [0.3, 0.4) is 0 Å². The molecular formula is C13H20N4O2S. The number of anilines is 1. The Morgan fingerprint density at radius 3 is 2.20 bits per heavy atom. The fourth-order valence-electron chi connectivity index (χ4n) is 2.68. The Kier molecular flexibility index (Phi) is 3.41. The standard InChI is InChI=1S/C13H20N4O2S/c1-9-7-17(8-10(2)16-9)13-14-5-12(6-15-13)20(18,19)11-3-4-11/h5-6,9-11,16H,3-4,7-8H2,1-2H3/t9-,10+. The van der Waals surface area contributed by atoms with E-state index in [-0.39, 0.29) is 10.1 Å². The molecule has 0 bridgehead atoms. The van der Waals surface area contributed by atoms with E-state index in [1.165, 1.54) is 12.4 Å². The van der Waals surface area contributed by atoms with Crippen LogP contribution < -0.4 is 10.2 Å². The highest BCUT2D eigenvalue weighted by molar-refractivity contribution is 7.92. The highest BCUT2D eigenvalue weighted by atomic mass is 32.2. The number of piperazine rings is 1. The molecule has 7 heteroatoms. The molecule has 1 saturated carbocycles. The average molecular weight is 296 g/mol. The van der Waals surface area contributed by atoms with Crippen molar-refractivity contribution >= 4 is 15.8 Å². The second kappa shape index (κ2) is 4.96. The van der Waals surface area contributed by atoms with Gasteiger partial charge in [-0.3, -0.25) is 0 Å². The van der Waals surface area contributed by atoms with Gasteiger partial charge in [-0.25, -0.2) is 18.4 Å². The van der Waals surface area contributed by atoms with Crippen molar-refractivity contribution in [3.8, 4) is 0 Å². The van der Waals surface area contributed by atoms with E-state index in [1.807, 2.05) is 0 Å². The topological polar surface area (TPSA) is 75.2 Å². The van der Waals surface area contributed by atoms with Crippen molar-refractivity contribution in [2.24, 2.45) is 0 Å². The molecule has 2 fully saturated rings. The van der Waals surface area contributed by atoms with Gasteiger partial charge in [0.15, 0.2) is 9.84 Å². The minimum atomic E-state index is -3.19. The number of hydrogen-bond donors (Lipinski definition) is 1. The van der Waals surface area contributed by atoms with Crippen LogP contribution in [0.5, 0.6) is 0 Å². The van der Waals surface area contributed by atoms with Gasteiger partial charge in [-0.05, 0) is 26.7 Å².